The zero-order chi connectivity index (χ0) is 10.4. The molecule has 0 fully saturated rings. The topological polar surface area (TPSA) is 30.0 Å². The molecule has 1 aromatic carbocycles. The molecule has 3 rings (SSSR count). The highest BCUT2D eigenvalue weighted by atomic mass is 79.9. The van der Waals surface area contributed by atoms with Gasteiger partial charge in [-0.15, -0.1) is 0 Å². The number of aromatic nitrogens is 1. The minimum atomic E-state index is 0.0643. The van der Waals surface area contributed by atoms with Gasteiger partial charge in [0.25, 0.3) is 0 Å². The Morgan fingerprint density at radius 2 is 1.87 bits per heavy atom. The number of carbonyl (C=O) groups excluding carboxylic acids is 1. The van der Waals surface area contributed by atoms with Crippen molar-refractivity contribution in [3.8, 4) is 11.3 Å². The SMILES string of the molecule is O=C1c2cccnc2-c2c(Br)cccc21. The van der Waals surface area contributed by atoms with E-state index in [1.54, 1.807) is 12.3 Å². The van der Waals surface area contributed by atoms with Crippen molar-refractivity contribution in [1.29, 1.82) is 0 Å². The van der Waals surface area contributed by atoms with Crippen LogP contribution in [0, 0.1) is 0 Å². The summed E-state index contributed by atoms with van der Waals surface area (Å²) in [7, 11) is 0. The first-order valence-electron chi connectivity index (χ1n) is 4.57. The molecule has 0 radical (unpaired) electrons. The molecule has 2 aromatic rings. The summed E-state index contributed by atoms with van der Waals surface area (Å²) in [5, 5.41) is 0. The first-order valence-corrected chi connectivity index (χ1v) is 5.37. The molecule has 1 aromatic heterocycles. The molecule has 0 spiro atoms. The van der Waals surface area contributed by atoms with Gasteiger partial charge >= 0.3 is 0 Å². The van der Waals surface area contributed by atoms with Gasteiger partial charge in [-0.05, 0) is 18.2 Å². The standard InChI is InChI=1S/C12H6BrNO/c13-9-5-1-3-7-10(9)11-8(12(7)15)4-2-6-14-11/h1-6H. The second-order valence-corrected chi connectivity index (χ2v) is 4.25. The van der Waals surface area contributed by atoms with Crippen LogP contribution < -0.4 is 0 Å². The van der Waals surface area contributed by atoms with Crippen molar-refractivity contribution in [1.82, 2.24) is 4.98 Å². The summed E-state index contributed by atoms with van der Waals surface area (Å²) in [4.78, 5) is 16.2. The van der Waals surface area contributed by atoms with Crippen LogP contribution in [0.4, 0.5) is 0 Å². The Morgan fingerprint density at radius 3 is 2.73 bits per heavy atom. The normalized spacial score (nSPS) is 12.5. The smallest absolute Gasteiger partial charge is 0.195 e. The summed E-state index contributed by atoms with van der Waals surface area (Å²) in [6, 6.07) is 9.24. The summed E-state index contributed by atoms with van der Waals surface area (Å²) in [6.45, 7) is 0. The van der Waals surface area contributed by atoms with Crippen LogP contribution in [0.3, 0.4) is 0 Å². The second kappa shape index (κ2) is 3.00. The van der Waals surface area contributed by atoms with E-state index in [2.05, 4.69) is 20.9 Å². The molecule has 0 N–H and O–H groups in total. The Bertz CT molecular complexity index is 578. The molecule has 1 aliphatic carbocycles. The second-order valence-electron chi connectivity index (χ2n) is 3.39. The van der Waals surface area contributed by atoms with E-state index in [1.165, 1.54) is 0 Å². The molecule has 0 saturated carbocycles. The summed E-state index contributed by atoms with van der Waals surface area (Å²) in [5.74, 6) is 0.0643. The minimum absolute atomic E-state index is 0.0643. The number of ketones is 1. The van der Waals surface area contributed by atoms with Gasteiger partial charge in [0.15, 0.2) is 5.78 Å². The van der Waals surface area contributed by atoms with Crippen LogP contribution in [0.25, 0.3) is 11.3 Å². The third-order valence-corrected chi connectivity index (χ3v) is 3.21. The van der Waals surface area contributed by atoms with Crippen molar-refractivity contribution in [2.45, 2.75) is 0 Å². The molecular formula is C12H6BrNO. The van der Waals surface area contributed by atoms with E-state index in [-0.39, 0.29) is 5.78 Å². The van der Waals surface area contributed by atoms with Gasteiger partial charge in [-0.3, -0.25) is 9.78 Å². The molecule has 72 valence electrons. The molecule has 0 saturated heterocycles. The Kier molecular flexibility index (Phi) is 1.76. The van der Waals surface area contributed by atoms with Crippen LogP contribution in [0.5, 0.6) is 0 Å². The third-order valence-electron chi connectivity index (χ3n) is 2.55. The van der Waals surface area contributed by atoms with Gasteiger partial charge in [0.05, 0.1) is 5.69 Å². The minimum Gasteiger partial charge on any atom is -0.289 e. The first kappa shape index (κ1) is 8.80. The molecule has 1 aliphatic rings. The third kappa shape index (κ3) is 1.10. The Labute approximate surface area is 95.1 Å². The number of pyridine rings is 1. The van der Waals surface area contributed by atoms with Crippen molar-refractivity contribution < 1.29 is 4.79 Å². The van der Waals surface area contributed by atoms with E-state index in [9.17, 15) is 4.79 Å². The van der Waals surface area contributed by atoms with Gasteiger partial charge in [0, 0.05) is 27.4 Å². The average molecular weight is 260 g/mol. The van der Waals surface area contributed by atoms with E-state index in [0.717, 1.165) is 21.3 Å². The summed E-state index contributed by atoms with van der Waals surface area (Å²) in [6.07, 6.45) is 1.71. The van der Waals surface area contributed by atoms with Crippen LogP contribution in [0.15, 0.2) is 41.0 Å². The zero-order valence-corrected chi connectivity index (χ0v) is 9.28. The fraction of sp³-hybridized carbons (Fsp3) is 0. The van der Waals surface area contributed by atoms with Gasteiger partial charge in [0.2, 0.25) is 0 Å². The number of halogens is 1. The van der Waals surface area contributed by atoms with E-state index in [4.69, 9.17) is 0 Å². The molecule has 0 atom stereocenters. The highest BCUT2D eigenvalue weighted by Crippen LogP contribution is 2.39. The van der Waals surface area contributed by atoms with Crippen molar-refractivity contribution in [2.75, 3.05) is 0 Å². The lowest BCUT2D eigenvalue weighted by atomic mass is 10.1. The van der Waals surface area contributed by atoms with Gasteiger partial charge in [-0.2, -0.15) is 0 Å². The maximum Gasteiger partial charge on any atom is 0.195 e. The maximum atomic E-state index is 12.0. The number of benzene rings is 1. The van der Waals surface area contributed by atoms with E-state index < -0.39 is 0 Å². The van der Waals surface area contributed by atoms with E-state index in [1.807, 2.05) is 24.3 Å². The average Bonchev–Trinajstić information content (AvgIpc) is 2.55. The lowest BCUT2D eigenvalue weighted by Crippen LogP contribution is -1.94. The number of fused-ring (bicyclic) bond motifs is 3. The number of rotatable bonds is 0. The van der Waals surface area contributed by atoms with Crippen molar-refractivity contribution in [3.05, 3.63) is 52.1 Å². The van der Waals surface area contributed by atoms with Gasteiger partial charge in [-0.1, -0.05) is 28.1 Å². The molecule has 3 heteroatoms. The maximum absolute atomic E-state index is 12.0. The van der Waals surface area contributed by atoms with Crippen LogP contribution in [-0.2, 0) is 0 Å². The van der Waals surface area contributed by atoms with Crippen molar-refractivity contribution in [3.63, 3.8) is 0 Å². The van der Waals surface area contributed by atoms with Crippen LogP contribution in [-0.4, -0.2) is 10.8 Å². The highest BCUT2D eigenvalue weighted by molar-refractivity contribution is 9.10. The first-order chi connectivity index (χ1) is 7.29. The van der Waals surface area contributed by atoms with E-state index in [0.29, 0.717) is 5.56 Å². The molecule has 0 unspecified atom stereocenters. The number of nitrogens with zero attached hydrogens (tertiary/aromatic N) is 1. The fourth-order valence-corrected chi connectivity index (χ4v) is 2.44. The number of hydrogen-bond acceptors (Lipinski definition) is 2. The van der Waals surface area contributed by atoms with Gasteiger partial charge in [0.1, 0.15) is 0 Å². The van der Waals surface area contributed by atoms with Crippen LogP contribution in [0.2, 0.25) is 0 Å². The molecule has 0 aliphatic heterocycles. The lowest BCUT2D eigenvalue weighted by molar-refractivity contribution is 0.104. The lowest BCUT2D eigenvalue weighted by Gasteiger charge is -2.00. The molecule has 1 heterocycles. The number of carbonyl (C=O) groups is 1. The zero-order valence-electron chi connectivity index (χ0n) is 7.70. The van der Waals surface area contributed by atoms with Gasteiger partial charge in [-0.25, -0.2) is 0 Å². The van der Waals surface area contributed by atoms with Crippen molar-refractivity contribution >= 4 is 21.7 Å². The Hall–Kier alpha value is -1.48. The summed E-state index contributed by atoms with van der Waals surface area (Å²) < 4.78 is 0.922. The quantitative estimate of drug-likeness (QED) is 0.621. The molecular weight excluding hydrogens is 254 g/mol. The van der Waals surface area contributed by atoms with Crippen LogP contribution >= 0.6 is 15.9 Å². The van der Waals surface area contributed by atoms with E-state index >= 15 is 0 Å². The summed E-state index contributed by atoms with van der Waals surface area (Å²) in [5.41, 5.74) is 3.13. The Morgan fingerprint density at radius 1 is 1.07 bits per heavy atom. The van der Waals surface area contributed by atoms with Crippen molar-refractivity contribution in [2.24, 2.45) is 0 Å². The monoisotopic (exact) mass is 259 g/mol. The predicted octanol–water partition coefficient (Wildman–Crippen LogP) is 3.06. The molecule has 0 amide bonds. The highest BCUT2D eigenvalue weighted by Gasteiger charge is 2.28. The summed E-state index contributed by atoms with van der Waals surface area (Å²) >= 11 is 3.45. The molecule has 2 nitrogen and oxygen atoms in total. The van der Waals surface area contributed by atoms with Crippen LogP contribution in [0.1, 0.15) is 15.9 Å². The number of hydrogen-bond donors (Lipinski definition) is 0. The molecule has 0 bridgehead atoms. The largest absolute Gasteiger partial charge is 0.289 e. The Balaban J connectivity index is 2.45. The molecule has 15 heavy (non-hydrogen) atoms. The fourth-order valence-electron chi connectivity index (χ4n) is 1.89. The predicted molar refractivity (Wildman–Crippen MR) is 60.8 cm³/mol. The van der Waals surface area contributed by atoms with Gasteiger partial charge < -0.3 is 0 Å².